The van der Waals surface area contributed by atoms with E-state index in [1.165, 1.54) is 37.7 Å². The Kier molecular flexibility index (Phi) is 12.4. The summed E-state index contributed by atoms with van der Waals surface area (Å²) in [5.41, 5.74) is 2.31. The van der Waals surface area contributed by atoms with Crippen LogP contribution in [0.1, 0.15) is 43.2 Å². The third-order valence-electron chi connectivity index (χ3n) is 6.65. The van der Waals surface area contributed by atoms with Crippen LogP contribution in [-0.4, -0.2) is 52.3 Å². The first kappa shape index (κ1) is 31.4. The number of aromatic nitrogens is 2. The standard InChI is InChI=1S/C28H35N5O.C2HF3O2/c34-27(29-18-16-22-10-4-1-5-11-22)25(20-23-12-6-2-7-13-23)32-26-17-19-30-28(33-26)31-21-24-14-8-3-9-15-24;3-2(4,5)1(6)7/h1-2,4-7,10-13,17,19,24-25H,3,8-9,14-16,18,20-21H2,(H,29,34)(H2,30,31,32,33);(H,6,7)/t25-;/m0./s1. The van der Waals surface area contributed by atoms with Gasteiger partial charge in [0.25, 0.3) is 0 Å². The van der Waals surface area contributed by atoms with Crippen molar-refractivity contribution >= 4 is 23.6 Å². The molecule has 0 unspecified atom stereocenters. The Labute approximate surface area is 237 Å². The van der Waals surface area contributed by atoms with Crippen molar-refractivity contribution in [3.63, 3.8) is 0 Å². The minimum atomic E-state index is -5.08. The molecule has 0 saturated heterocycles. The van der Waals surface area contributed by atoms with Crippen molar-refractivity contribution < 1.29 is 27.9 Å². The summed E-state index contributed by atoms with van der Waals surface area (Å²) in [4.78, 5) is 31.0. The average molecular weight is 572 g/mol. The molecule has 1 atom stereocenters. The Morgan fingerprint density at radius 3 is 2.15 bits per heavy atom. The van der Waals surface area contributed by atoms with Gasteiger partial charge in [-0.15, -0.1) is 0 Å². The predicted molar refractivity (Wildman–Crippen MR) is 151 cm³/mol. The number of nitrogens with one attached hydrogen (secondary N) is 3. The van der Waals surface area contributed by atoms with E-state index in [1.54, 1.807) is 6.20 Å². The van der Waals surface area contributed by atoms with Gasteiger partial charge in [0.05, 0.1) is 0 Å². The van der Waals surface area contributed by atoms with Gasteiger partial charge in [0.2, 0.25) is 11.9 Å². The number of hydrogen-bond acceptors (Lipinski definition) is 6. The molecule has 1 aliphatic rings. The van der Waals surface area contributed by atoms with Crippen LogP contribution >= 0.6 is 0 Å². The number of hydrogen-bond donors (Lipinski definition) is 4. The molecule has 0 bridgehead atoms. The van der Waals surface area contributed by atoms with Gasteiger partial charge in [-0.3, -0.25) is 4.79 Å². The minimum Gasteiger partial charge on any atom is -0.475 e. The predicted octanol–water partition coefficient (Wildman–Crippen LogP) is 5.48. The van der Waals surface area contributed by atoms with E-state index < -0.39 is 18.2 Å². The lowest BCUT2D eigenvalue weighted by Crippen LogP contribution is -2.42. The third-order valence-corrected chi connectivity index (χ3v) is 6.65. The number of carboxylic acid groups (broad SMARTS) is 1. The molecule has 2 aromatic carbocycles. The molecule has 0 spiro atoms. The zero-order chi connectivity index (χ0) is 29.5. The topological polar surface area (TPSA) is 116 Å². The van der Waals surface area contributed by atoms with Crippen LogP contribution in [0.25, 0.3) is 0 Å². The molecular weight excluding hydrogens is 535 g/mol. The summed E-state index contributed by atoms with van der Waals surface area (Å²) in [6.45, 7) is 1.49. The van der Waals surface area contributed by atoms with Gasteiger partial charge in [0, 0.05) is 25.7 Å². The fraction of sp³-hybridized carbons (Fsp3) is 0.400. The summed E-state index contributed by atoms with van der Waals surface area (Å²) in [7, 11) is 0. The monoisotopic (exact) mass is 571 g/mol. The maximum atomic E-state index is 13.1. The largest absolute Gasteiger partial charge is 0.490 e. The summed E-state index contributed by atoms with van der Waals surface area (Å²) >= 11 is 0. The molecule has 4 rings (SSSR count). The van der Waals surface area contributed by atoms with E-state index in [2.05, 4.69) is 38.1 Å². The Hall–Kier alpha value is -4.15. The summed E-state index contributed by atoms with van der Waals surface area (Å²) in [6.07, 6.45) is 4.56. The molecule has 8 nitrogen and oxygen atoms in total. The Balaban J connectivity index is 0.000000587. The van der Waals surface area contributed by atoms with E-state index in [-0.39, 0.29) is 5.91 Å². The molecule has 1 heterocycles. The molecule has 1 fully saturated rings. The number of carboxylic acids is 1. The van der Waals surface area contributed by atoms with Gasteiger partial charge in [0.15, 0.2) is 0 Å². The maximum absolute atomic E-state index is 13.1. The molecule has 41 heavy (non-hydrogen) atoms. The highest BCUT2D eigenvalue weighted by molar-refractivity contribution is 5.84. The zero-order valence-corrected chi connectivity index (χ0v) is 22.7. The highest BCUT2D eigenvalue weighted by atomic mass is 19.4. The summed E-state index contributed by atoms with van der Waals surface area (Å²) < 4.78 is 31.7. The van der Waals surface area contributed by atoms with Crippen LogP contribution in [0.15, 0.2) is 72.9 Å². The normalized spacial score (nSPS) is 14.2. The quantitative estimate of drug-likeness (QED) is 0.241. The smallest absolute Gasteiger partial charge is 0.475 e. The van der Waals surface area contributed by atoms with Gasteiger partial charge in [-0.25, -0.2) is 9.78 Å². The first-order valence-corrected chi connectivity index (χ1v) is 13.7. The molecule has 220 valence electrons. The fourth-order valence-electron chi connectivity index (χ4n) is 4.49. The molecule has 4 N–H and O–H groups in total. The molecule has 1 aromatic heterocycles. The van der Waals surface area contributed by atoms with Crippen LogP contribution in [0.5, 0.6) is 0 Å². The second-order valence-electron chi connectivity index (χ2n) is 9.87. The van der Waals surface area contributed by atoms with Gasteiger partial charge in [-0.05, 0) is 42.4 Å². The van der Waals surface area contributed by atoms with E-state index >= 15 is 0 Å². The molecule has 3 aromatic rings. The first-order chi connectivity index (χ1) is 19.7. The number of alkyl halides is 3. The van der Waals surface area contributed by atoms with Crippen LogP contribution < -0.4 is 16.0 Å². The van der Waals surface area contributed by atoms with Crippen molar-refractivity contribution in [3.8, 4) is 0 Å². The number of benzene rings is 2. The first-order valence-electron chi connectivity index (χ1n) is 13.7. The van der Waals surface area contributed by atoms with Crippen molar-refractivity contribution in [2.45, 2.75) is 57.2 Å². The molecule has 11 heteroatoms. The second kappa shape index (κ2) is 16.2. The minimum absolute atomic E-state index is 0.0323. The number of nitrogens with zero attached hydrogens (tertiary/aromatic N) is 2. The van der Waals surface area contributed by atoms with Crippen molar-refractivity contribution in [2.75, 3.05) is 23.7 Å². The Morgan fingerprint density at radius 2 is 1.54 bits per heavy atom. The van der Waals surface area contributed by atoms with E-state index in [9.17, 15) is 18.0 Å². The molecular formula is C30H36F3N5O3. The lowest BCUT2D eigenvalue weighted by atomic mass is 9.89. The number of aliphatic carboxylic acids is 1. The van der Waals surface area contributed by atoms with Crippen molar-refractivity contribution in [1.29, 1.82) is 0 Å². The van der Waals surface area contributed by atoms with E-state index in [0.717, 1.165) is 18.5 Å². The van der Waals surface area contributed by atoms with Gasteiger partial charge in [-0.2, -0.15) is 18.2 Å². The highest BCUT2D eigenvalue weighted by Gasteiger charge is 2.38. The lowest BCUT2D eigenvalue weighted by Gasteiger charge is -2.22. The van der Waals surface area contributed by atoms with E-state index in [1.807, 2.05) is 54.6 Å². The van der Waals surface area contributed by atoms with E-state index in [4.69, 9.17) is 9.90 Å². The van der Waals surface area contributed by atoms with E-state index in [0.29, 0.717) is 30.6 Å². The maximum Gasteiger partial charge on any atom is 0.490 e. The Morgan fingerprint density at radius 1 is 0.927 bits per heavy atom. The van der Waals surface area contributed by atoms with Crippen molar-refractivity contribution in [1.82, 2.24) is 15.3 Å². The molecule has 1 amide bonds. The van der Waals surface area contributed by atoms with Crippen molar-refractivity contribution in [2.24, 2.45) is 5.92 Å². The molecule has 0 aliphatic heterocycles. The van der Waals surface area contributed by atoms with Gasteiger partial charge in [0.1, 0.15) is 11.9 Å². The van der Waals surface area contributed by atoms with Crippen LogP contribution in [0.3, 0.4) is 0 Å². The number of anilines is 2. The van der Waals surface area contributed by atoms with Crippen LogP contribution in [0, 0.1) is 5.92 Å². The zero-order valence-electron chi connectivity index (χ0n) is 22.7. The van der Waals surface area contributed by atoms with Gasteiger partial charge in [-0.1, -0.05) is 79.9 Å². The number of carbonyl (C=O) groups excluding carboxylic acids is 1. The highest BCUT2D eigenvalue weighted by Crippen LogP contribution is 2.23. The van der Waals surface area contributed by atoms with Crippen molar-refractivity contribution in [3.05, 3.63) is 84.1 Å². The SMILES string of the molecule is O=C(NCCc1ccccc1)[C@H](Cc1ccccc1)Nc1ccnc(NCC2CCCCC2)n1.O=C(O)C(F)(F)F. The second-order valence-corrected chi connectivity index (χ2v) is 9.87. The number of rotatable bonds is 11. The number of amides is 1. The molecule has 1 saturated carbocycles. The average Bonchev–Trinajstić information content (AvgIpc) is 2.97. The summed E-state index contributed by atoms with van der Waals surface area (Å²) in [5.74, 6) is -0.836. The van der Waals surface area contributed by atoms with Crippen LogP contribution in [0.4, 0.5) is 24.9 Å². The third kappa shape index (κ3) is 11.9. The summed E-state index contributed by atoms with van der Waals surface area (Å²) in [6, 6.07) is 21.7. The fourth-order valence-corrected chi connectivity index (χ4v) is 4.49. The lowest BCUT2D eigenvalue weighted by molar-refractivity contribution is -0.192. The van der Waals surface area contributed by atoms with Gasteiger partial charge < -0.3 is 21.1 Å². The number of halogens is 3. The summed E-state index contributed by atoms with van der Waals surface area (Å²) in [5, 5.41) is 17.0. The molecule has 0 radical (unpaired) electrons. The molecule has 1 aliphatic carbocycles. The van der Waals surface area contributed by atoms with Crippen LogP contribution in [0.2, 0.25) is 0 Å². The Bertz CT molecular complexity index is 1210. The van der Waals surface area contributed by atoms with Gasteiger partial charge >= 0.3 is 12.1 Å². The van der Waals surface area contributed by atoms with Crippen LogP contribution in [-0.2, 0) is 22.4 Å². The number of carbonyl (C=O) groups is 2.